The molecule has 0 aliphatic heterocycles. The summed E-state index contributed by atoms with van der Waals surface area (Å²) >= 11 is 0. The molecule has 6 heteroatoms. The van der Waals surface area contributed by atoms with E-state index in [0.29, 0.717) is 13.2 Å². The van der Waals surface area contributed by atoms with Crippen LogP contribution in [0.5, 0.6) is 5.75 Å². The molecule has 0 aromatic heterocycles. The molecule has 0 radical (unpaired) electrons. The van der Waals surface area contributed by atoms with E-state index >= 15 is 0 Å². The van der Waals surface area contributed by atoms with Crippen molar-refractivity contribution in [1.82, 2.24) is 10.6 Å². The lowest BCUT2D eigenvalue weighted by Gasteiger charge is -2.07. The topological polar surface area (TPSA) is 53.5 Å². The standard InChI is InChI=1S/C14H20N2O2.2ClH/c1-2-10-18-14-5-3-4-13(11-14)12-16-7-6-15-8-9-17;;/h1,3-5,11,15-17H,6-10,12H2;2*1H. The number of hydrogen-bond donors (Lipinski definition) is 3. The Labute approximate surface area is 133 Å². The first-order chi connectivity index (χ1) is 8.86. The summed E-state index contributed by atoms with van der Waals surface area (Å²) in [6.07, 6.45) is 5.14. The Morgan fingerprint density at radius 1 is 1.15 bits per heavy atom. The highest BCUT2D eigenvalue weighted by molar-refractivity contribution is 5.85. The van der Waals surface area contributed by atoms with Gasteiger partial charge in [0.15, 0.2) is 0 Å². The van der Waals surface area contributed by atoms with Gasteiger partial charge >= 0.3 is 0 Å². The molecule has 1 aromatic rings. The molecule has 0 saturated heterocycles. The smallest absolute Gasteiger partial charge is 0.148 e. The van der Waals surface area contributed by atoms with E-state index < -0.39 is 0 Å². The number of rotatable bonds is 9. The fraction of sp³-hybridized carbons (Fsp3) is 0.429. The van der Waals surface area contributed by atoms with E-state index in [2.05, 4.69) is 16.6 Å². The number of aliphatic hydroxyl groups excluding tert-OH is 1. The molecule has 0 bridgehead atoms. The zero-order valence-corrected chi connectivity index (χ0v) is 12.9. The zero-order valence-electron chi connectivity index (χ0n) is 11.3. The Morgan fingerprint density at radius 2 is 1.90 bits per heavy atom. The molecular weight excluding hydrogens is 299 g/mol. The highest BCUT2D eigenvalue weighted by Crippen LogP contribution is 2.12. The minimum Gasteiger partial charge on any atom is -0.481 e. The van der Waals surface area contributed by atoms with Crippen LogP contribution < -0.4 is 15.4 Å². The largest absolute Gasteiger partial charge is 0.481 e. The molecule has 4 nitrogen and oxygen atoms in total. The minimum atomic E-state index is 0. The van der Waals surface area contributed by atoms with E-state index in [1.807, 2.05) is 24.3 Å². The fourth-order valence-electron chi connectivity index (χ4n) is 1.48. The van der Waals surface area contributed by atoms with Gasteiger partial charge in [0.05, 0.1) is 6.61 Å². The van der Waals surface area contributed by atoms with Crippen molar-refractivity contribution in [2.24, 2.45) is 0 Å². The van der Waals surface area contributed by atoms with E-state index in [1.54, 1.807) is 0 Å². The molecule has 0 atom stereocenters. The zero-order chi connectivity index (χ0) is 13.1. The molecule has 0 spiro atoms. The Morgan fingerprint density at radius 3 is 2.60 bits per heavy atom. The first-order valence-electron chi connectivity index (χ1n) is 6.04. The van der Waals surface area contributed by atoms with Crippen molar-refractivity contribution >= 4 is 24.8 Å². The fourth-order valence-corrected chi connectivity index (χ4v) is 1.48. The number of ether oxygens (including phenoxy) is 1. The van der Waals surface area contributed by atoms with Crippen molar-refractivity contribution in [3.63, 3.8) is 0 Å². The Hall–Kier alpha value is -0.960. The second-order valence-electron chi connectivity index (χ2n) is 3.79. The van der Waals surface area contributed by atoms with E-state index in [4.69, 9.17) is 16.3 Å². The van der Waals surface area contributed by atoms with Gasteiger partial charge in [-0.2, -0.15) is 0 Å². The van der Waals surface area contributed by atoms with E-state index in [-0.39, 0.29) is 31.4 Å². The SMILES string of the molecule is C#CCOc1cccc(CNCCNCCO)c1.Cl.Cl. The third-order valence-electron chi connectivity index (χ3n) is 2.32. The second kappa shape index (κ2) is 14.4. The number of aliphatic hydroxyl groups is 1. The molecular formula is C14H22Cl2N2O2. The minimum absolute atomic E-state index is 0. The maximum atomic E-state index is 8.59. The van der Waals surface area contributed by atoms with Crippen LogP contribution in [0.15, 0.2) is 24.3 Å². The molecule has 0 aliphatic carbocycles. The molecule has 114 valence electrons. The van der Waals surface area contributed by atoms with Crippen LogP contribution in [0.4, 0.5) is 0 Å². The van der Waals surface area contributed by atoms with Gasteiger partial charge in [-0.3, -0.25) is 0 Å². The van der Waals surface area contributed by atoms with Crippen molar-refractivity contribution in [2.45, 2.75) is 6.54 Å². The lowest BCUT2D eigenvalue weighted by molar-refractivity contribution is 0.292. The van der Waals surface area contributed by atoms with Gasteiger partial charge in [-0.05, 0) is 17.7 Å². The molecule has 0 unspecified atom stereocenters. The summed E-state index contributed by atoms with van der Waals surface area (Å²) in [5, 5.41) is 15.0. The van der Waals surface area contributed by atoms with Gasteiger partial charge in [0, 0.05) is 26.2 Å². The normalized spacial score (nSPS) is 9.00. The van der Waals surface area contributed by atoms with Crippen molar-refractivity contribution in [3.8, 4) is 18.1 Å². The maximum absolute atomic E-state index is 8.59. The quantitative estimate of drug-likeness (QED) is 0.473. The molecule has 0 fully saturated rings. The number of terminal acetylenes is 1. The first kappa shape index (κ1) is 21.3. The highest BCUT2D eigenvalue weighted by atomic mass is 35.5. The number of benzene rings is 1. The molecule has 0 amide bonds. The van der Waals surface area contributed by atoms with Crippen LogP contribution >= 0.6 is 24.8 Å². The molecule has 3 N–H and O–H groups in total. The summed E-state index contributed by atoms with van der Waals surface area (Å²) < 4.78 is 5.35. The van der Waals surface area contributed by atoms with Crippen LogP contribution in [0.2, 0.25) is 0 Å². The van der Waals surface area contributed by atoms with Crippen LogP contribution in [0.1, 0.15) is 5.56 Å². The lowest BCUT2D eigenvalue weighted by atomic mass is 10.2. The second-order valence-corrected chi connectivity index (χ2v) is 3.79. The summed E-state index contributed by atoms with van der Waals surface area (Å²) in [7, 11) is 0. The predicted molar refractivity (Wildman–Crippen MR) is 86.9 cm³/mol. The summed E-state index contributed by atoms with van der Waals surface area (Å²) in [5.41, 5.74) is 1.16. The van der Waals surface area contributed by atoms with Gasteiger partial charge in [0.2, 0.25) is 0 Å². The summed E-state index contributed by atoms with van der Waals surface area (Å²) in [6, 6.07) is 7.86. The Kier molecular flexibility index (Phi) is 15.4. The first-order valence-corrected chi connectivity index (χ1v) is 6.04. The van der Waals surface area contributed by atoms with Crippen LogP contribution in [-0.2, 0) is 6.54 Å². The van der Waals surface area contributed by atoms with E-state index in [1.165, 1.54) is 0 Å². The highest BCUT2D eigenvalue weighted by Gasteiger charge is 1.96. The number of hydrogen-bond acceptors (Lipinski definition) is 4. The third kappa shape index (κ3) is 9.90. The Balaban J connectivity index is 0. The van der Waals surface area contributed by atoms with Crippen molar-refractivity contribution in [1.29, 1.82) is 0 Å². The average Bonchev–Trinajstić information content (AvgIpc) is 2.41. The van der Waals surface area contributed by atoms with Crippen LogP contribution in [-0.4, -0.2) is 38.0 Å². The number of halogens is 2. The maximum Gasteiger partial charge on any atom is 0.148 e. The van der Waals surface area contributed by atoms with Gasteiger partial charge < -0.3 is 20.5 Å². The summed E-state index contributed by atoms with van der Waals surface area (Å²) in [5.74, 6) is 3.24. The van der Waals surface area contributed by atoms with Crippen LogP contribution in [0.3, 0.4) is 0 Å². The molecule has 0 aliphatic rings. The van der Waals surface area contributed by atoms with Gasteiger partial charge in [-0.25, -0.2) is 0 Å². The Bertz CT molecular complexity index is 384. The molecule has 1 aromatic carbocycles. The lowest BCUT2D eigenvalue weighted by Crippen LogP contribution is -2.28. The van der Waals surface area contributed by atoms with E-state index in [0.717, 1.165) is 30.9 Å². The van der Waals surface area contributed by atoms with Crippen LogP contribution in [0.25, 0.3) is 0 Å². The molecule has 0 saturated carbocycles. The molecule has 1 rings (SSSR count). The van der Waals surface area contributed by atoms with Gasteiger partial charge in [0.25, 0.3) is 0 Å². The van der Waals surface area contributed by atoms with Crippen LogP contribution in [0, 0.1) is 12.3 Å². The molecule has 20 heavy (non-hydrogen) atoms. The number of nitrogens with one attached hydrogen (secondary N) is 2. The van der Waals surface area contributed by atoms with E-state index in [9.17, 15) is 0 Å². The molecule has 0 heterocycles. The summed E-state index contributed by atoms with van der Waals surface area (Å²) in [6.45, 7) is 3.59. The average molecular weight is 321 g/mol. The van der Waals surface area contributed by atoms with Crippen molar-refractivity contribution in [3.05, 3.63) is 29.8 Å². The monoisotopic (exact) mass is 320 g/mol. The van der Waals surface area contributed by atoms with Crippen molar-refractivity contribution < 1.29 is 9.84 Å². The van der Waals surface area contributed by atoms with Gasteiger partial charge in [-0.1, -0.05) is 18.1 Å². The summed E-state index contributed by atoms with van der Waals surface area (Å²) in [4.78, 5) is 0. The van der Waals surface area contributed by atoms with Gasteiger partial charge in [0.1, 0.15) is 12.4 Å². The van der Waals surface area contributed by atoms with Crippen molar-refractivity contribution in [2.75, 3.05) is 32.8 Å². The van der Waals surface area contributed by atoms with Gasteiger partial charge in [-0.15, -0.1) is 31.2 Å². The third-order valence-corrected chi connectivity index (χ3v) is 2.32. The predicted octanol–water partition coefficient (Wildman–Crippen LogP) is 1.21.